The van der Waals surface area contributed by atoms with Crippen LogP contribution >= 0.6 is 0 Å². The fourth-order valence-electron chi connectivity index (χ4n) is 3.18. The monoisotopic (exact) mass is 381 g/mol. The van der Waals surface area contributed by atoms with Crippen molar-refractivity contribution in [2.24, 2.45) is 0 Å². The summed E-state index contributed by atoms with van der Waals surface area (Å²) in [4.78, 5) is 14.7. The molecule has 0 radical (unpaired) electrons. The SMILES string of the molecule is CCN(CC)CCNC(=O)c1ccc(S(=O)(=O)N2CCCCCC2)cc1. The molecule has 1 aliphatic rings. The molecule has 0 aliphatic carbocycles. The van der Waals surface area contributed by atoms with E-state index >= 15 is 0 Å². The van der Waals surface area contributed by atoms with Crippen LogP contribution in [0.3, 0.4) is 0 Å². The van der Waals surface area contributed by atoms with Crippen LogP contribution < -0.4 is 5.32 Å². The minimum Gasteiger partial charge on any atom is -0.351 e. The van der Waals surface area contributed by atoms with Crippen molar-refractivity contribution in [2.45, 2.75) is 44.4 Å². The zero-order valence-corrected chi connectivity index (χ0v) is 16.7. The van der Waals surface area contributed by atoms with E-state index in [4.69, 9.17) is 0 Å². The Hall–Kier alpha value is -1.44. The molecule has 0 saturated carbocycles. The first-order valence-corrected chi connectivity index (χ1v) is 11.0. The molecule has 7 heteroatoms. The lowest BCUT2D eigenvalue weighted by Crippen LogP contribution is -2.34. The highest BCUT2D eigenvalue weighted by molar-refractivity contribution is 7.89. The largest absolute Gasteiger partial charge is 0.351 e. The van der Waals surface area contributed by atoms with Crippen LogP contribution in [0.5, 0.6) is 0 Å². The first-order valence-electron chi connectivity index (χ1n) is 9.59. The maximum Gasteiger partial charge on any atom is 0.251 e. The molecule has 1 aromatic rings. The van der Waals surface area contributed by atoms with Crippen LogP contribution in [0.4, 0.5) is 0 Å². The van der Waals surface area contributed by atoms with Gasteiger partial charge in [-0.15, -0.1) is 0 Å². The first kappa shape index (κ1) is 20.9. The zero-order chi connectivity index (χ0) is 19.0. The molecule has 0 aromatic heterocycles. The third kappa shape index (κ3) is 5.53. The van der Waals surface area contributed by atoms with Crippen molar-refractivity contribution < 1.29 is 13.2 Å². The Labute approximate surface area is 157 Å². The van der Waals surface area contributed by atoms with Crippen LogP contribution in [-0.4, -0.2) is 62.8 Å². The summed E-state index contributed by atoms with van der Waals surface area (Å²) >= 11 is 0. The molecular formula is C19H31N3O3S. The van der Waals surface area contributed by atoms with E-state index in [-0.39, 0.29) is 10.8 Å². The lowest BCUT2D eigenvalue weighted by Gasteiger charge is -2.20. The normalized spacial score (nSPS) is 16.4. The van der Waals surface area contributed by atoms with Gasteiger partial charge in [0.15, 0.2) is 0 Å². The minimum atomic E-state index is -3.47. The van der Waals surface area contributed by atoms with E-state index in [9.17, 15) is 13.2 Å². The van der Waals surface area contributed by atoms with Crippen molar-refractivity contribution in [1.29, 1.82) is 0 Å². The van der Waals surface area contributed by atoms with E-state index in [0.717, 1.165) is 45.3 Å². The van der Waals surface area contributed by atoms with Crippen LogP contribution in [-0.2, 0) is 10.0 Å². The van der Waals surface area contributed by atoms with Crippen molar-refractivity contribution in [3.63, 3.8) is 0 Å². The summed E-state index contributed by atoms with van der Waals surface area (Å²) in [7, 11) is -3.47. The molecule has 1 aromatic carbocycles. The molecule has 0 bridgehead atoms. The second-order valence-corrected chi connectivity index (χ2v) is 8.56. The molecular weight excluding hydrogens is 350 g/mol. The van der Waals surface area contributed by atoms with Gasteiger partial charge in [-0.3, -0.25) is 4.79 Å². The maximum atomic E-state index is 12.8. The molecule has 0 unspecified atom stereocenters. The molecule has 146 valence electrons. The van der Waals surface area contributed by atoms with E-state index in [1.165, 1.54) is 0 Å². The molecule has 1 aliphatic heterocycles. The van der Waals surface area contributed by atoms with Gasteiger partial charge in [-0.25, -0.2) is 8.42 Å². The fourth-order valence-corrected chi connectivity index (χ4v) is 4.70. The van der Waals surface area contributed by atoms with Crippen molar-refractivity contribution in [1.82, 2.24) is 14.5 Å². The Morgan fingerprint density at radius 1 is 1.04 bits per heavy atom. The summed E-state index contributed by atoms with van der Waals surface area (Å²) < 4.78 is 27.1. The summed E-state index contributed by atoms with van der Waals surface area (Å²) in [5.74, 6) is -0.170. The lowest BCUT2D eigenvalue weighted by molar-refractivity contribution is 0.0949. The van der Waals surface area contributed by atoms with Gasteiger partial charge < -0.3 is 10.2 Å². The van der Waals surface area contributed by atoms with Gasteiger partial charge in [0, 0.05) is 31.7 Å². The second-order valence-electron chi connectivity index (χ2n) is 6.63. The number of benzene rings is 1. The number of carbonyl (C=O) groups is 1. The lowest BCUT2D eigenvalue weighted by atomic mass is 10.2. The van der Waals surface area contributed by atoms with Crippen molar-refractivity contribution in [3.05, 3.63) is 29.8 Å². The molecule has 2 rings (SSSR count). The molecule has 6 nitrogen and oxygen atoms in total. The zero-order valence-electron chi connectivity index (χ0n) is 15.9. The third-order valence-corrected chi connectivity index (χ3v) is 6.84. The summed E-state index contributed by atoms with van der Waals surface area (Å²) in [5, 5.41) is 2.89. The van der Waals surface area contributed by atoms with E-state index in [2.05, 4.69) is 24.1 Å². The van der Waals surface area contributed by atoms with E-state index in [1.807, 2.05) is 0 Å². The number of hydrogen-bond donors (Lipinski definition) is 1. The predicted octanol–water partition coefficient (Wildman–Crippen LogP) is 2.32. The standard InChI is InChI=1S/C19H31N3O3S/c1-3-21(4-2)16-13-20-19(23)17-9-11-18(12-10-17)26(24,25)22-14-7-5-6-8-15-22/h9-12H,3-8,13-16H2,1-2H3,(H,20,23). The number of rotatable bonds is 8. The molecule has 1 fully saturated rings. The van der Waals surface area contributed by atoms with Crippen LogP contribution in [0.2, 0.25) is 0 Å². The minimum absolute atomic E-state index is 0.170. The van der Waals surface area contributed by atoms with Gasteiger partial charge in [-0.1, -0.05) is 26.7 Å². The predicted molar refractivity (Wildman–Crippen MR) is 104 cm³/mol. The van der Waals surface area contributed by atoms with E-state index in [0.29, 0.717) is 25.2 Å². The second kappa shape index (κ2) is 10.0. The molecule has 1 saturated heterocycles. The van der Waals surface area contributed by atoms with Gasteiger partial charge in [0.1, 0.15) is 0 Å². The van der Waals surface area contributed by atoms with Crippen LogP contribution in [0.1, 0.15) is 49.9 Å². The fraction of sp³-hybridized carbons (Fsp3) is 0.632. The average molecular weight is 382 g/mol. The molecule has 0 spiro atoms. The van der Waals surface area contributed by atoms with Crippen molar-refractivity contribution in [3.8, 4) is 0 Å². The van der Waals surface area contributed by atoms with Crippen LogP contribution in [0, 0.1) is 0 Å². The number of nitrogens with one attached hydrogen (secondary N) is 1. The summed E-state index contributed by atoms with van der Waals surface area (Å²) in [6.45, 7) is 8.63. The van der Waals surface area contributed by atoms with Gasteiger partial charge in [-0.05, 0) is 50.2 Å². The number of carbonyl (C=O) groups excluding carboxylic acids is 1. The molecule has 26 heavy (non-hydrogen) atoms. The average Bonchev–Trinajstić information content (AvgIpc) is 2.95. The summed E-state index contributed by atoms with van der Waals surface area (Å²) in [5.41, 5.74) is 0.486. The maximum absolute atomic E-state index is 12.8. The smallest absolute Gasteiger partial charge is 0.251 e. The Bertz CT molecular complexity index is 662. The van der Waals surface area contributed by atoms with E-state index in [1.54, 1.807) is 28.6 Å². The molecule has 0 atom stereocenters. The van der Waals surface area contributed by atoms with Gasteiger partial charge in [0.2, 0.25) is 10.0 Å². The van der Waals surface area contributed by atoms with Gasteiger partial charge in [0.25, 0.3) is 5.91 Å². The Balaban J connectivity index is 1.97. The third-order valence-electron chi connectivity index (χ3n) is 4.93. The van der Waals surface area contributed by atoms with E-state index < -0.39 is 10.0 Å². The van der Waals surface area contributed by atoms with Gasteiger partial charge in [-0.2, -0.15) is 4.31 Å². The quantitative estimate of drug-likeness (QED) is 0.750. The first-order chi connectivity index (χ1) is 12.5. The van der Waals surface area contributed by atoms with Crippen molar-refractivity contribution in [2.75, 3.05) is 39.3 Å². The Morgan fingerprint density at radius 3 is 2.15 bits per heavy atom. The Morgan fingerprint density at radius 2 is 1.62 bits per heavy atom. The number of nitrogens with zero attached hydrogens (tertiary/aromatic N) is 2. The van der Waals surface area contributed by atoms with Crippen LogP contribution in [0.25, 0.3) is 0 Å². The molecule has 1 amide bonds. The van der Waals surface area contributed by atoms with Gasteiger partial charge >= 0.3 is 0 Å². The molecule has 1 heterocycles. The summed E-state index contributed by atoms with van der Waals surface area (Å²) in [6.07, 6.45) is 3.98. The number of sulfonamides is 1. The topological polar surface area (TPSA) is 69.7 Å². The number of likely N-dealkylation sites (N-methyl/N-ethyl adjacent to an activating group) is 1. The molecule has 1 N–H and O–H groups in total. The van der Waals surface area contributed by atoms with Crippen molar-refractivity contribution >= 4 is 15.9 Å². The highest BCUT2D eigenvalue weighted by atomic mass is 32.2. The van der Waals surface area contributed by atoms with Crippen LogP contribution in [0.15, 0.2) is 29.2 Å². The number of amides is 1. The highest BCUT2D eigenvalue weighted by Gasteiger charge is 2.25. The summed E-state index contributed by atoms with van der Waals surface area (Å²) in [6, 6.07) is 6.27. The Kier molecular flexibility index (Phi) is 8.06. The highest BCUT2D eigenvalue weighted by Crippen LogP contribution is 2.20. The number of hydrogen-bond acceptors (Lipinski definition) is 4. The van der Waals surface area contributed by atoms with Gasteiger partial charge in [0.05, 0.1) is 4.90 Å².